The average Bonchev–Trinajstić information content (AvgIpc) is 2.73. The first-order valence-corrected chi connectivity index (χ1v) is 11.6. The maximum absolute atomic E-state index is 12.6. The van der Waals surface area contributed by atoms with Crippen LogP contribution in [0, 0.1) is 5.92 Å². The molecule has 9 heteroatoms. The number of nitrogens with zero attached hydrogens (tertiary/aromatic N) is 2. The Morgan fingerprint density at radius 1 is 1.10 bits per heavy atom. The topological polar surface area (TPSA) is 107 Å². The first-order chi connectivity index (χ1) is 13.9. The van der Waals surface area contributed by atoms with Gasteiger partial charge in [-0.2, -0.15) is 0 Å². The van der Waals surface area contributed by atoms with Gasteiger partial charge < -0.3 is 9.80 Å². The minimum absolute atomic E-state index is 0.0988. The Kier molecular flexibility index (Phi) is 6.92. The monoisotopic (exact) mass is 421 g/mol. The molecule has 0 radical (unpaired) electrons. The van der Waals surface area contributed by atoms with Gasteiger partial charge in [0.25, 0.3) is 5.91 Å². The predicted octanol–water partition coefficient (Wildman–Crippen LogP) is 1.07. The molecule has 1 aromatic rings. The Hall–Kier alpha value is -2.39. The Morgan fingerprint density at radius 3 is 2.41 bits per heavy atom. The van der Waals surface area contributed by atoms with E-state index in [0.717, 1.165) is 11.3 Å². The van der Waals surface area contributed by atoms with E-state index >= 15 is 0 Å². The lowest BCUT2D eigenvalue weighted by molar-refractivity contribution is -0.132. The Morgan fingerprint density at radius 2 is 1.76 bits per heavy atom. The van der Waals surface area contributed by atoms with Crippen LogP contribution in [0.1, 0.15) is 24.8 Å². The van der Waals surface area contributed by atoms with Gasteiger partial charge >= 0.3 is 0 Å². The van der Waals surface area contributed by atoms with Gasteiger partial charge in [-0.05, 0) is 36.5 Å². The second-order valence-electron chi connectivity index (χ2n) is 7.54. The van der Waals surface area contributed by atoms with Crippen LogP contribution in [0.3, 0.4) is 0 Å². The van der Waals surface area contributed by atoms with Crippen molar-refractivity contribution < 1.29 is 23.2 Å². The zero-order valence-electron chi connectivity index (χ0n) is 16.3. The van der Waals surface area contributed by atoms with Crippen molar-refractivity contribution in [3.05, 3.63) is 35.9 Å². The number of nitrogens with one attached hydrogen (secondary N) is 1. The van der Waals surface area contributed by atoms with Crippen LogP contribution in [0.15, 0.2) is 30.3 Å². The molecule has 0 aromatic heterocycles. The first-order valence-electron chi connectivity index (χ1n) is 9.82. The quantitative estimate of drug-likeness (QED) is 0.418. The number of rotatable bonds is 5. The van der Waals surface area contributed by atoms with E-state index in [-0.39, 0.29) is 23.3 Å². The van der Waals surface area contributed by atoms with Crippen LogP contribution in [0.2, 0.25) is 0 Å². The molecule has 29 heavy (non-hydrogen) atoms. The van der Waals surface area contributed by atoms with Gasteiger partial charge in [-0.15, -0.1) is 0 Å². The second-order valence-corrected chi connectivity index (χ2v) is 9.84. The summed E-state index contributed by atoms with van der Waals surface area (Å²) in [5.41, 5.74) is 3.41. The summed E-state index contributed by atoms with van der Waals surface area (Å²) in [6.45, 7) is 2.59. The third-order valence-corrected chi connectivity index (χ3v) is 7.29. The number of anilines is 1. The molecule has 0 atom stereocenters. The summed E-state index contributed by atoms with van der Waals surface area (Å²) in [5.74, 6) is 0.0503. The van der Waals surface area contributed by atoms with Crippen molar-refractivity contribution in [2.45, 2.75) is 19.3 Å². The number of hydroxylamine groups is 1. The van der Waals surface area contributed by atoms with E-state index in [2.05, 4.69) is 4.90 Å². The molecule has 1 aromatic carbocycles. The molecule has 3 rings (SSSR count). The number of piperazine rings is 1. The number of carbonyl (C=O) groups is 2. The number of para-hydroxylation sites is 1. The molecule has 2 aliphatic heterocycles. The summed E-state index contributed by atoms with van der Waals surface area (Å²) in [5, 5.41) is 8.63. The zero-order chi connectivity index (χ0) is 20.9. The number of benzene rings is 1. The number of sulfone groups is 1. The summed E-state index contributed by atoms with van der Waals surface area (Å²) in [4.78, 5) is 27.9. The van der Waals surface area contributed by atoms with E-state index in [9.17, 15) is 18.0 Å². The molecule has 158 valence electrons. The molecule has 2 amide bonds. The van der Waals surface area contributed by atoms with Gasteiger partial charge in [0.2, 0.25) is 5.91 Å². The molecule has 0 unspecified atom stereocenters. The lowest BCUT2D eigenvalue weighted by Crippen LogP contribution is -2.49. The van der Waals surface area contributed by atoms with E-state index in [0.29, 0.717) is 45.4 Å². The molecule has 2 N–H and O–H groups in total. The Bertz CT molecular complexity index is 862. The third-order valence-electron chi connectivity index (χ3n) is 5.57. The fourth-order valence-corrected chi connectivity index (χ4v) is 5.42. The van der Waals surface area contributed by atoms with E-state index < -0.39 is 15.7 Å². The Balaban J connectivity index is 1.55. The van der Waals surface area contributed by atoms with E-state index in [1.807, 2.05) is 29.2 Å². The lowest BCUT2D eigenvalue weighted by atomic mass is 9.98. The van der Waals surface area contributed by atoms with Crippen molar-refractivity contribution >= 4 is 33.4 Å². The number of carbonyl (C=O) groups excluding carboxylic acids is 2. The number of hydrogen-bond donors (Lipinski definition) is 2. The normalized spacial score (nSPS) is 20.0. The number of amides is 2. The van der Waals surface area contributed by atoms with Crippen LogP contribution in [0.25, 0.3) is 6.08 Å². The lowest BCUT2D eigenvalue weighted by Gasteiger charge is -2.37. The van der Waals surface area contributed by atoms with Crippen LogP contribution >= 0.6 is 0 Å². The van der Waals surface area contributed by atoms with Crippen molar-refractivity contribution in [3.8, 4) is 0 Å². The van der Waals surface area contributed by atoms with Crippen molar-refractivity contribution in [3.63, 3.8) is 0 Å². The summed E-state index contributed by atoms with van der Waals surface area (Å²) >= 11 is 0. The fraction of sp³-hybridized carbons (Fsp3) is 0.500. The molecule has 0 spiro atoms. The highest BCUT2D eigenvalue weighted by Gasteiger charge is 2.28. The van der Waals surface area contributed by atoms with Gasteiger partial charge in [0, 0.05) is 44.4 Å². The van der Waals surface area contributed by atoms with Gasteiger partial charge in [-0.25, -0.2) is 13.9 Å². The van der Waals surface area contributed by atoms with E-state index in [1.165, 1.54) is 6.08 Å². The minimum Gasteiger partial charge on any atom is -0.367 e. The molecular weight excluding hydrogens is 394 g/mol. The van der Waals surface area contributed by atoms with E-state index in [4.69, 9.17) is 5.21 Å². The largest absolute Gasteiger partial charge is 0.367 e. The molecule has 0 saturated carbocycles. The van der Waals surface area contributed by atoms with Gasteiger partial charge in [0.05, 0.1) is 11.5 Å². The molecule has 2 aliphatic rings. The van der Waals surface area contributed by atoms with Crippen molar-refractivity contribution in [2.24, 2.45) is 5.92 Å². The number of hydrogen-bond acceptors (Lipinski definition) is 6. The Labute approximate surface area is 171 Å². The standard InChI is InChI=1S/C20H27N3O5S/c24-19(21-26)6-5-17-3-1-2-4-18(17)22-9-11-23(12-10-22)20(25)15-16-7-13-29(27,28)14-8-16/h1-6,16,26H,7-15H2,(H,21,24)/b6-5+. The fourth-order valence-electron chi connectivity index (χ4n) is 3.83. The van der Waals surface area contributed by atoms with Crippen molar-refractivity contribution in [2.75, 3.05) is 42.6 Å². The van der Waals surface area contributed by atoms with Gasteiger partial charge in [0.1, 0.15) is 9.84 Å². The van der Waals surface area contributed by atoms with Crippen LogP contribution in [0.4, 0.5) is 5.69 Å². The SMILES string of the molecule is O=C(/C=C/c1ccccc1N1CCN(C(=O)CC2CCS(=O)(=O)CC2)CC1)NO. The zero-order valence-corrected chi connectivity index (χ0v) is 17.1. The summed E-state index contributed by atoms with van der Waals surface area (Å²) in [6.07, 6.45) is 4.49. The molecule has 2 fully saturated rings. The molecule has 0 bridgehead atoms. The molecule has 2 heterocycles. The molecule has 8 nitrogen and oxygen atoms in total. The molecular formula is C20H27N3O5S. The maximum atomic E-state index is 12.6. The van der Waals surface area contributed by atoms with Crippen LogP contribution < -0.4 is 10.4 Å². The highest BCUT2D eigenvalue weighted by atomic mass is 32.2. The summed E-state index contributed by atoms with van der Waals surface area (Å²) in [7, 11) is -2.91. The summed E-state index contributed by atoms with van der Waals surface area (Å²) < 4.78 is 23.1. The maximum Gasteiger partial charge on any atom is 0.267 e. The highest BCUT2D eigenvalue weighted by molar-refractivity contribution is 7.91. The van der Waals surface area contributed by atoms with Crippen LogP contribution in [-0.4, -0.2) is 68.0 Å². The smallest absolute Gasteiger partial charge is 0.267 e. The third kappa shape index (κ3) is 5.80. The molecule has 2 saturated heterocycles. The van der Waals surface area contributed by atoms with E-state index in [1.54, 1.807) is 11.6 Å². The molecule has 0 aliphatic carbocycles. The average molecular weight is 422 g/mol. The van der Waals surface area contributed by atoms with Crippen LogP contribution in [-0.2, 0) is 19.4 Å². The predicted molar refractivity (Wildman–Crippen MR) is 110 cm³/mol. The first kappa shape index (κ1) is 21.3. The second kappa shape index (κ2) is 9.41. The van der Waals surface area contributed by atoms with Crippen molar-refractivity contribution in [1.29, 1.82) is 0 Å². The van der Waals surface area contributed by atoms with Gasteiger partial charge in [0.15, 0.2) is 0 Å². The van der Waals surface area contributed by atoms with Gasteiger partial charge in [-0.1, -0.05) is 18.2 Å². The minimum atomic E-state index is -2.91. The van der Waals surface area contributed by atoms with Crippen LogP contribution in [0.5, 0.6) is 0 Å². The summed E-state index contributed by atoms with van der Waals surface area (Å²) in [6, 6.07) is 7.67. The van der Waals surface area contributed by atoms with Gasteiger partial charge in [-0.3, -0.25) is 14.8 Å². The van der Waals surface area contributed by atoms with Crippen molar-refractivity contribution in [1.82, 2.24) is 10.4 Å². The highest BCUT2D eigenvalue weighted by Crippen LogP contribution is 2.25.